The molecule has 1 rings (SSSR count). The van der Waals surface area contributed by atoms with Crippen LogP contribution in [0.2, 0.25) is 0 Å². The summed E-state index contributed by atoms with van der Waals surface area (Å²) in [6.07, 6.45) is 3.43. The Bertz CT molecular complexity index is 333. The van der Waals surface area contributed by atoms with Crippen LogP contribution in [0.4, 0.5) is 11.4 Å². The van der Waals surface area contributed by atoms with Crippen molar-refractivity contribution in [2.75, 3.05) is 11.5 Å². The molecule has 68 valence electrons. The van der Waals surface area contributed by atoms with Gasteiger partial charge in [-0.1, -0.05) is 25.3 Å². The molecule has 0 spiro atoms. The van der Waals surface area contributed by atoms with Gasteiger partial charge in [0.2, 0.25) is 0 Å². The molecular weight excluding hydrogens is 160 g/mol. The highest BCUT2D eigenvalue weighted by Crippen LogP contribution is 2.28. The van der Waals surface area contributed by atoms with Crippen LogP contribution in [0.1, 0.15) is 16.7 Å². The van der Waals surface area contributed by atoms with Crippen LogP contribution in [-0.2, 0) is 0 Å². The molecule has 0 unspecified atom stereocenters. The fraction of sp³-hybridized carbons (Fsp3) is 0.0909. The van der Waals surface area contributed by atoms with Crippen LogP contribution in [0.25, 0.3) is 12.2 Å². The van der Waals surface area contributed by atoms with Crippen molar-refractivity contribution < 1.29 is 0 Å². The molecule has 0 aliphatic rings. The molecule has 4 N–H and O–H groups in total. The third kappa shape index (κ3) is 1.43. The molecule has 0 bridgehead atoms. The smallest absolute Gasteiger partial charge is 0.0438 e. The zero-order chi connectivity index (χ0) is 10.0. The number of nitrogen functional groups attached to an aromatic ring is 2. The van der Waals surface area contributed by atoms with Gasteiger partial charge in [-0.2, -0.15) is 0 Å². The molecule has 13 heavy (non-hydrogen) atoms. The van der Waals surface area contributed by atoms with Gasteiger partial charge in [-0.25, -0.2) is 0 Å². The maximum atomic E-state index is 5.83. The van der Waals surface area contributed by atoms with Crippen molar-refractivity contribution in [1.29, 1.82) is 0 Å². The van der Waals surface area contributed by atoms with Crippen molar-refractivity contribution in [1.82, 2.24) is 0 Å². The SMILES string of the molecule is C=Cc1cc(C=C)c(N)c(C)c1N. The highest BCUT2D eigenvalue weighted by atomic mass is 14.6. The first-order valence-electron chi connectivity index (χ1n) is 4.05. The van der Waals surface area contributed by atoms with Gasteiger partial charge in [0.15, 0.2) is 0 Å². The van der Waals surface area contributed by atoms with E-state index >= 15 is 0 Å². The summed E-state index contributed by atoms with van der Waals surface area (Å²) in [6, 6.07) is 1.89. The Morgan fingerprint density at radius 1 is 1.08 bits per heavy atom. The average molecular weight is 174 g/mol. The van der Waals surface area contributed by atoms with Crippen LogP contribution < -0.4 is 11.5 Å². The Morgan fingerprint density at radius 2 is 1.46 bits per heavy atom. The Hall–Kier alpha value is -1.70. The quantitative estimate of drug-likeness (QED) is 0.676. The van der Waals surface area contributed by atoms with E-state index in [1.165, 1.54) is 0 Å². The van der Waals surface area contributed by atoms with Crippen LogP contribution in [0.3, 0.4) is 0 Å². The monoisotopic (exact) mass is 174 g/mol. The molecule has 1 aromatic rings. The zero-order valence-electron chi connectivity index (χ0n) is 7.80. The predicted molar refractivity (Wildman–Crippen MR) is 60.2 cm³/mol. The third-order valence-corrected chi connectivity index (χ3v) is 2.18. The standard InChI is InChI=1S/C11H14N2/c1-4-8-6-9(5-2)11(13)7(3)10(8)12/h4-6H,1-2,12-13H2,3H3. The molecule has 0 amide bonds. The number of nitrogens with two attached hydrogens (primary N) is 2. The first kappa shape index (κ1) is 9.39. The first-order chi connectivity index (χ1) is 6.11. The minimum atomic E-state index is 0.693. The fourth-order valence-corrected chi connectivity index (χ4v) is 1.24. The molecule has 0 aromatic heterocycles. The summed E-state index contributed by atoms with van der Waals surface area (Å²) in [5.74, 6) is 0. The summed E-state index contributed by atoms with van der Waals surface area (Å²) in [7, 11) is 0. The lowest BCUT2D eigenvalue weighted by molar-refractivity contribution is 1.44. The number of benzene rings is 1. The molecule has 0 fully saturated rings. The highest BCUT2D eigenvalue weighted by Gasteiger charge is 2.06. The van der Waals surface area contributed by atoms with E-state index in [2.05, 4.69) is 13.2 Å². The summed E-state index contributed by atoms with van der Waals surface area (Å²) >= 11 is 0. The minimum absolute atomic E-state index is 0.693. The van der Waals surface area contributed by atoms with Crippen molar-refractivity contribution >= 4 is 23.5 Å². The topological polar surface area (TPSA) is 52.0 Å². The molecule has 0 saturated heterocycles. The summed E-state index contributed by atoms with van der Waals surface area (Å²) in [4.78, 5) is 0. The van der Waals surface area contributed by atoms with Gasteiger partial charge in [-0.15, -0.1) is 0 Å². The van der Waals surface area contributed by atoms with Crippen molar-refractivity contribution in [3.8, 4) is 0 Å². The Balaban J connectivity index is 3.53. The minimum Gasteiger partial charge on any atom is -0.398 e. The second kappa shape index (κ2) is 3.35. The van der Waals surface area contributed by atoms with Crippen LogP contribution in [0.15, 0.2) is 19.2 Å². The average Bonchev–Trinajstić information content (AvgIpc) is 2.15. The third-order valence-electron chi connectivity index (χ3n) is 2.18. The lowest BCUT2D eigenvalue weighted by Crippen LogP contribution is -2.00. The van der Waals surface area contributed by atoms with E-state index in [9.17, 15) is 0 Å². The highest BCUT2D eigenvalue weighted by molar-refractivity contribution is 5.80. The molecule has 2 nitrogen and oxygen atoms in total. The van der Waals surface area contributed by atoms with E-state index in [0.29, 0.717) is 11.4 Å². The summed E-state index contributed by atoms with van der Waals surface area (Å²) in [6.45, 7) is 9.26. The lowest BCUT2D eigenvalue weighted by atomic mass is 10.0. The molecular formula is C11H14N2. The molecule has 2 heteroatoms. The van der Waals surface area contributed by atoms with Crippen LogP contribution >= 0.6 is 0 Å². The van der Waals surface area contributed by atoms with Crippen molar-refractivity contribution in [2.45, 2.75) is 6.92 Å². The van der Waals surface area contributed by atoms with Crippen LogP contribution in [0.5, 0.6) is 0 Å². The molecule has 0 radical (unpaired) electrons. The second-order valence-corrected chi connectivity index (χ2v) is 2.92. The summed E-state index contributed by atoms with van der Waals surface area (Å²) < 4.78 is 0. The van der Waals surface area contributed by atoms with Gasteiger partial charge in [0.05, 0.1) is 0 Å². The molecule has 0 saturated carbocycles. The molecule has 0 aliphatic carbocycles. The van der Waals surface area contributed by atoms with Crippen molar-refractivity contribution in [3.05, 3.63) is 35.9 Å². The largest absolute Gasteiger partial charge is 0.398 e. The predicted octanol–water partition coefficient (Wildman–Crippen LogP) is 2.45. The zero-order valence-corrected chi connectivity index (χ0v) is 7.80. The van der Waals surface area contributed by atoms with Crippen molar-refractivity contribution in [3.63, 3.8) is 0 Å². The maximum Gasteiger partial charge on any atom is 0.0438 e. The first-order valence-corrected chi connectivity index (χ1v) is 4.05. The molecule has 0 atom stereocenters. The Kier molecular flexibility index (Phi) is 2.42. The van der Waals surface area contributed by atoms with Gasteiger partial charge in [-0.05, 0) is 29.7 Å². The number of hydrogen-bond donors (Lipinski definition) is 2. The lowest BCUT2D eigenvalue weighted by Gasteiger charge is -2.10. The normalized spacial score (nSPS) is 9.62. The van der Waals surface area contributed by atoms with Gasteiger partial charge < -0.3 is 11.5 Å². The Labute approximate surface area is 78.6 Å². The van der Waals surface area contributed by atoms with Gasteiger partial charge >= 0.3 is 0 Å². The molecule has 0 heterocycles. The van der Waals surface area contributed by atoms with Crippen LogP contribution in [-0.4, -0.2) is 0 Å². The fourth-order valence-electron chi connectivity index (χ4n) is 1.24. The van der Waals surface area contributed by atoms with E-state index in [1.807, 2.05) is 13.0 Å². The summed E-state index contributed by atoms with van der Waals surface area (Å²) in [5, 5.41) is 0. The van der Waals surface area contributed by atoms with E-state index < -0.39 is 0 Å². The van der Waals surface area contributed by atoms with Gasteiger partial charge in [0, 0.05) is 11.4 Å². The number of anilines is 2. The van der Waals surface area contributed by atoms with Gasteiger partial charge in [0.25, 0.3) is 0 Å². The van der Waals surface area contributed by atoms with E-state index in [1.54, 1.807) is 12.2 Å². The van der Waals surface area contributed by atoms with Crippen LogP contribution in [0, 0.1) is 6.92 Å². The second-order valence-electron chi connectivity index (χ2n) is 2.92. The number of hydrogen-bond acceptors (Lipinski definition) is 2. The number of rotatable bonds is 2. The van der Waals surface area contributed by atoms with E-state index in [0.717, 1.165) is 16.7 Å². The van der Waals surface area contributed by atoms with Gasteiger partial charge in [-0.3, -0.25) is 0 Å². The molecule has 1 aromatic carbocycles. The Morgan fingerprint density at radius 3 is 1.77 bits per heavy atom. The van der Waals surface area contributed by atoms with Crippen molar-refractivity contribution in [2.24, 2.45) is 0 Å². The maximum absolute atomic E-state index is 5.83. The van der Waals surface area contributed by atoms with Gasteiger partial charge in [0.1, 0.15) is 0 Å². The molecule has 0 aliphatic heterocycles. The van der Waals surface area contributed by atoms with E-state index in [4.69, 9.17) is 11.5 Å². The van der Waals surface area contributed by atoms with E-state index in [-0.39, 0.29) is 0 Å². The summed E-state index contributed by atoms with van der Waals surface area (Å²) in [5.41, 5.74) is 15.8.